The Kier molecular flexibility index (Phi) is 4.69. The summed E-state index contributed by atoms with van der Waals surface area (Å²) in [7, 11) is 1.93. The molecule has 0 fully saturated rings. The zero-order valence-electron chi connectivity index (χ0n) is 9.93. The lowest BCUT2D eigenvalue weighted by molar-refractivity contribution is 0.530. The molecule has 5 heteroatoms. The summed E-state index contributed by atoms with van der Waals surface area (Å²) >= 11 is 10.6. The van der Waals surface area contributed by atoms with E-state index in [0.29, 0.717) is 0 Å². The number of furan rings is 1. The van der Waals surface area contributed by atoms with Crippen molar-refractivity contribution in [2.45, 2.75) is 13.0 Å². The van der Waals surface area contributed by atoms with E-state index in [2.05, 4.69) is 72.2 Å². The van der Waals surface area contributed by atoms with Crippen molar-refractivity contribution in [1.82, 2.24) is 5.32 Å². The molecule has 2 aromatic rings. The van der Waals surface area contributed by atoms with E-state index in [9.17, 15) is 0 Å². The summed E-state index contributed by atoms with van der Waals surface area (Å²) in [5.74, 6) is 0. The van der Waals surface area contributed by atoms with E-state index in [4.69, 9.17) is 4.42 Å². The van der Waals surface area contributed by atoms with E-state index in [1.54, 1.807) is 6.26 Å². The van der Waals surface area contributed by atoms with Gasteiger partial charge in [0.2, 0.25) is 0 Å². The fraction of sp³-hybridized carbons (Fsp3) is 0.231. The maximum absolute atomic E-state index is 5.31. The molecule has 0 aliphatic heterocycles. The molecular formula is C13H12Br3NO. The molecule has 0 saturated heterocycles. The molecule has 1 N–H and O–H groups in total. The van der Waals surface area contributed by atoms with Gasteiger partial charge in [-0.25, -0.2) is 0 Å². The second kappa shape index (κ2) is 5.90. The van der Waals surface area contributed by atoms with E-state index in [-0.39, 0.29) is 6.04 Å². The third-order valence-corrected chi connectivity index (χ3v) is 5.02. The fourth-order valence-corrected chi connectivity index (χ4v) is 3.39. The number of halogens is 3. The lowest BCUT2D eigenvalue weighted by atomic mass is 10.0. The molecule has 0 saturated carbocycles. The zero-order valence-corrected chi connectivity index (χ0v) is 14.7. The molecule has 1 atom stereocenters. The molecule has 1 unspecified atom stereocenters. The molecule has 2 nitrogen and oxygen atoms in total. The van der Waals surface area contributed by atoms with Crippen molar-refractivity contribution < 1.29 is 4.42 Å². The average Bonchev–Trinajstić information content (AvgIpc) is 2.73. The third-order valence-electron chi connectivity index (χ3n) is 2.83. The lowest BCUT2D eigenvalue weighted by Gasteiger charge is -2.18. The van der Waals surface area contributed by atoms with E-state index < -0.39 is 0 Å². The molecule has 96 valence electrons. The van der Waals surface area contributed by atoms with Gasteiger partial charge in [0.25, 0.3) is 0 Å². The van der Waals surface area contributed by atoms with Crippen LogP contribution in [0.4, 0.5) is 0 Å². The fourth-order valence-electron chi connectivity index (χ4n) is 1.87. The predicted octanol–water partition coefficient (Wildman–Crippen LogP) is 5.18. The Morgan fingerprint density at radius 3 is 2.39 bits per heavy atom. The molecule has 0 bridgehead atoms. The summed E-state index contributed by atoms with van der Waals surface area (Å²) in [6, 6.07) is 6.27. The van der Waals surface area contributed by atoms with E-state index >= 15 is 0 Å². The molecule has 0 aliphatic rings. The van der Waals surface area contributed by atoms with Crippen LogP contribution in [0.15, 0.2) is 42.5 Å². The Balaban J connectivity index is 2.52. The third kappa shape index (κ3) is 2.74. The summed E-state index contributed by atoms with van der Waals surface area (Å²) in [6.45, 7) is 2.07. The van der Waals surface area contributed by atoms with Crippen molar-refractivity contribution in [3.8, 4) is 0 Å². The Bertz CT molecular complexity index is 565. The SMILES string of the molecule is CNC(c1cc(Br)c(C)cc1Br)c1ccoc1Br. The number of hydrogen-bond donors (Lipinski definition) is 1. The Morgan fingerprint density at radius 2 is 1.83 bits per heavy atom. The van der Waals surface area contributed by atoms with Crippen LogP contribution in [0.5, 0.6) is 0 Å². The number of aryl methyl sites for hydroxylation is 1. The predicted molar refractivity (Wildman–Crippen MR) is 83.9 cm³/mol. The van der Waals surface area contributed by atoms with E-state index in [1.165, 1.54) is 5.56 Å². The second-order valence-electron chi connectivity index (χ2n) is 3.99. The number of rotatable bonds is 3. The highest BCUT2D eigenvalue weighted by atomic mass is 79.9. The van der Waals surface area contributed by atoms with Gasteiger partial charge in [0.15, 0.2) is 4.67 Å². The standard InChI is InChI=1S/C13H12Br3NO/c1-7-5-11(15)9(6-10(7)14)12(17-2)8-3-4-18-13(8)16/h3-6,12,17H,1-2H3. The van der Waals surface area contributed by atoms with Crippen LogP contribution in [0.1, 0.15) is 22.7 Å². The van der Waals surface area contributed by atoms with Crippen LogP contribution in [0.3, 0.4) is 0 Å². The maximum Gasteiger partial charge on any atom is 0.174 e. The highest BCUT2D eigenvalue weighted by Gasteiger charge is 2.20. The van der Waals surface area contributed by atoms with Crippen LogP contribution in [0.25, 0.3) is 0 Å². The lowest BCUT2D eigenvalue weighted by Crippen LogP contribution is -2.18. The normalized spacial score (nSPS) is 12.7. The van der Waals surface area contributed by atoms with Gasteiger partial charge in [0.1, 0.15) is 0 Å². The van der Waals surface area contributed by atoms with Gasteiger partial charge in [0.05, 0.1) is 12.3 Å². The molecule has 0 radical (unpaired) electrons. The second-order valence-corrected chi connectivity index (χ2v) is 6.42. The Morgan fingerprint density at radius 1 is 1.11 bits per heavy atom. The van der Waals surface area contributed by atoms with E-state index in [1.807, 2.05) is 13.1 Å². The van der Waals surface area contributed by atoms with Crippen molar-refractivity contribution in [2.24, 2.45) is 0 Å². The first kappa shape index (κ1) is 14.3. The molecule has 0 amide bonds. The average molecular weight is 438 g/mol. The van der Waals surface area contributed by atoms with Crippen LogP contribution in [-0.2, 0) is 0 Å². The van der Waals surface area contributed by atoms with Crippen LogP contribution in [0.2, 0.25) is 0 Å². The van der Waals surface area contributed by atoms with Crippen LogP contribution in [-0.4, -0.2) is 7.05 Å². The summed E-state index contributed by atoms with van der Waals surface area (Å²) in [6.07, 6.45) is 1.68. The summed E-state index contributed by atoms with van der Waals surface area (Å²) < 4.78 is 8.24. The summed E-state index contributed by atoms with van der Waals surface area (Å²) in [5, 5.41) is 3.31. The van der Waals surface area contributed by atoms with Gasteiger partial charge in [-0.2, -0.15) is 0 Å². The monoisotopic (exact) mass is 435 g/mol. The molecule has 0 aliphatic carbocycles. The first-order chi connectivity index (χ1) is 8.54. The number of benzene rings is 1. The first-order valence-electron chi connectivity index (χ1n) is 5.40. The minimum Gasteiger partial charge on any atom is -0.457 e. The summed E-state index contributed by atoms with van der Waals surface area (Å²) in [4.78, 5) is 0. The van der Waals surface area contributed by atoms with Gasteiger partial charge < -0.3 is 9.73 Å². The topological polar surface area (TPSA) is 25.2 Å². The van der Waals surface area contributed by atoms with Gasteiger partial charge in [0, 0.05) is 14.5 Å². The number of nitrogens with one attached hydrogen (secondary N) is 1. The quantitative estimate of drug-likeness (QED) is 0.715. The van der Waals surface area contributed by atoms with Crippen molar-refractivity contribution in [1.29, 1.82) is 0 Å². The molecule has 1 heterocycles. The molecule has 1 aromatic carbocycles. The highest BCUT2D eigenvalue weighted by molar-refractivity contribution is 9.11. The molecule has 1 aromatic heterocycles. The van der Waals surface area contributed by atoms with Crippen molar-refractivity contribution >= 4 is 47.8 Å². The maximum atomic E-state index is 5.31. The van der Waals surface area contributed by atoms with Crippen molar-refractivity contribution in [3.05, 3.63) is 54.8 Å². The number of hydrogen-bond acceptors (Lipinski definition) is 2. The minimum absolute atomic E-state index is 0.0735. The van der Waals surface area contributed by atoms with Gasteiger partial charge in [-0.1, -0.05) is 31.9 Å². The molecule has 0 spiro atoms. The van der Waals surface area contributed by atoms with Crippen molar-refractivity contribution in [2.75, 3.05) is 7.05 Å². The molecule has 2 rings (SSSR count). The van der Waals surface area contributed by atoms with Gasteiger partial charge in [-0.3, -0.25) is 0 Å². The van der Waals surface area contributed by atoms with E-state index in [0.717, 1.165) is 24.7 Å². The molecule has 18 heavy (non-hydrogen) atoms. The van der Waals surface area contributed by atoms with Crippen LogP contribution < -0.4 is 5.32 Å². The first-order valence-corrected chi connectivity index (χ1v) is 7.78. The molecular weight excluding hydrogens is 426 g/mol. The van der Waals surface area contributed by atoms with Gasteiger partial charge >= 0.3 is 0 Å². The van der Waals surface area contributed by atoms with Crippen LogP contribution in [0, 0.1) is 6.92 Å². The Hall–Kier alpha value is -0.100. The highest BCUT2D eigenvalue weighted by Crippen LogP contribution is 2.35. The summed E-state index contributed by atoms with van der Waals surface area (Å²) in [5.41, 5.74) is 3.44. The smallest absolute Gasteiger partial charge is 0.174 e. The zero-order chi connectivity index (χ0) is 13.3. The van der Waals surface area contributed by atoms with Crippen molar-refractivity contribution in [3.63, 3.8) is 0 Å². The minimum atomic E-state index is 0.0735. The largest absolute Gasteiger partial charge is 0.457 e. The van der Waals surface area contributed by atoms with Crippen LogP contribution >= 0.6 is 47.8 Å². The van der Waals surface area contributed by atoms with Gasteiger partial charge in [-0.15, -0.1) is 0 Å². The van der Waals surface area contributed by atoms with Gasteiger partial charge in [-0.05, 0) is 59.2 Å². The Labute approximate surface area is 132 Å².